The number of aromatic nitrogens is 2. The van der Waals surface area contributed by atoms with Crippen LogP contribution in [0.1, 0.15) is 37.7 Å². The Morgan fingerprint density at radius 3 is 2.62 bits per heavy atom. The lowest BCUT2D eigenvalue weighted by Gasteiger charge is -2.48. The number of piperidine rings is 1. The van der Waals surface area contributed by atoms with Gasteiger partial charge in [0.1, 0.15) is 17.1 Å². The summed E-state index contributed by atoms with van der Waals surface area (Å²) in [5.74, 6) is 0. The minimum Gasteiger partial charge on any atom is -0.368 e. The molecule has 1 aliphatic carbocycles. The molecule has 4 rings (SSSR count). The molecule has 2 fully saturated rings. The standard InChI is InChI=1S/C18H20N4OS/c1-24-14-4-3-13-15(21-14)16(12(11-19)17(23)20-13)22-9-7-18(8-10-22)5-2-6-18/h3-4H,2,5-10H2,1H3,(H,20,23). The second-order valence-corrected chi connectivity index (χ2v) is 7.71. The fourth-order valence-electron chi connectivity index (χ4n) is 4.04. The smallest absolute Gasteiger partial charge is 0.268 e. The van der Waals surface area contributed by atoms with E-state index in [1.807, 2.05) is 18.4 Å². The summed E-state index contributed by atoms with van der Waals surface area (Å²) in [4.78, 5) is 22.0. The Hall–Kier alpha value is -2.00. The first-order chi connectivity index (χ1) is 11.7. The number of thioether (sulfide) groups is 1. The van der Waals surface area contributed by atoms with Crippen LogP contribution in [-0.4, -0.2) is 29.3 Å². The molecule has 0 unspecified atom stereocenters. The average Bonchev–Trinajstić information content (AvgIpc) is 2.59. The van der Waals surface area contributed by atoms with E-state index in [2.05, 4.69) is 20.9 Å². The van der Waals surface area contributed by atoms with Gasteiger partial charge in [0.05, 0.1) is 16.2 Å². The molecule has 6 heteroatoms. The van der Waals surface area contributed by atoms with E-state index < -0.39 is 0 Å². The molecular formula is C18H20N4OS. The molecule has 0 atom stereocenters. The summed E-state index contributed by atoms with van der Waals surface area (Å²) in [7, 11) is 0. The Morgan fingerprint density at radius 2 is 2.04 bits per heavy atom. The Kier molecular flexibility index (Phi) is 3.76. The lowest BCUT2D eigenvalue weighted by molar-refractivity contribution is 0.0955. The molecule has 2 aliphatic rings. The number of fused-ring (bicyclic) bond motifs is 1. The van der Waals surface area contributed by atoms with Crippen molar-refractivity contribution in [1.29, 1.82) is 5.26 Å². The first kappa shape index (κ1) is 15.5. The van der Waals surface area contributed by atoms with E-state index in [9.17, 15) is 10.1 Å². The van der Waals surface area contributed by atoms with Crippen LogP contribution in [0.4, 0.5) is 5.69 Å². The topological polar surface area (TPSA) is 72.8 Å². The third kappa shape index (κ3) is 2.39. The van der Waals surface area contributed by atoms with Crippen molar-refractivity contribution in [3.8, 4) is 6.07 Å². The average molecular weight is 340 g/mol. The fraction of sp³-hybridized carbons (Fsp3) is 0.500. The highest BCUT2D eigenvalue weighted by Crippen LogP contribution is 2.49. The highest BCUT2D eigenvalue weighted by molar-refractivity contribution is 7.98. The van der Waals surface area contributed by atoms with Gasteiger partial charge in [-0.3, -0.25) is 4.79 Å². The normalized spacial score (nSPS) is 19.2. The molecule has 2 aromatic heterocycles. The molecule has 2 aromatic rings. The summed E-state index contributed by atoms with van der Waals surface area (Å²) in [5, 5.41) is 10.4. The van der Waals surface area contributed by atoms with Gasteiger partial charge >= 0.3 is 0 Å². The molecule has 3 heterocycles. The van der Waals surface area contributed by atoms with Crippen LogP contribution in [-0.2, 0) is 0 Å². The molecule has 0 radical (unpaired) electrons. The van der Waals surface area contributed by atoms with Crippen LogP contribution >= 0.6 is 11.8 Å². The summed E-state index contributed by atoms with van der Waals surface area (Å²) in [5.41, 5.74) is 2.57. The molecular weight excluding hydrogens is 320 g/mol. The van der Waals surface area contributed by atoms with E-state index in [1.165, 1.54) is 19.3 Å². The molecule has 1 spiro atoms. The lowest BCUT2D eigenvalue weighted by Crippen LogP contribution is -2.44. The highest BCUT2D eigenvalue weighted by atomic mass is 32.2. The maximum absolute atomic E-state index is 12.3. The van der Waals surface area contributed by atoms with E-state index in [0.29, 0.717) is 10.9 Å². The van der Waals surface area contributed by atoms with Crippen molar-refractivity contribution in [2.75, 3.05) is 24.2 Å². The minimum atomic E-state index is -0.317. The molecule has 1 saturated heterocycles. The summed E-state index contributed by atoms with van der Waals surface area (Å²) in [6, 6.07) is 5.89. The third-order valence-corrected chi connectivity index (χ3v) is 6.33. The number of nitriles is 1. The van der Waals surface area contributed by atoms with E-state index in [4.69, 9.17) is 0 Å². The van der Waals surface area contributed by atoms with Crippen LogP contribution in [0.15, 0.2) is 22.0 Å². The summed E-state index contributed by atoms with van der Waals surface area (Å²) >= 11 is 1.56. The zero-order chi connectivity index (χ0) is 16.7. The number of hydrogen-bond acceptors (Lipinski definition) is 5. The fourth-order valence-corrected chi connectivity index (χ4v) is 4.43. The van der Waals surface area contributed by atoms with Crippen molar-refractivity contribution in [3.63, 3.8) is 0 Å². The number of hydrogen-bond donors (Lipinski definition) is 1. The second kappa shape index (κ2) is 5.82. The van der Waals surface area contributed by atoms with Crippen molar-refractivity contribution in [1.82, 2.24) is 9.97 Å². The quantitative estimate of drug-likeness (QED) is 0.849. The van der Waals surface area contributed by atoms with E-state index in [1.54, 1.807) is 11.8 Å². The van der Waals surface area contributed by atoms with Gasteiger partial charge in [0.25, 0.3) is 5.56 Å². The van der Waals surface area contributed by atoms with Crippen molar-refractivity contribution in [3.05, 3.63) is 28.0 Å². The van der Waals surface area contributed by atoms with Crippen molar-refractivity contribution < 1.29 is 0 Å². The van der Waals surface area contributed by atoms with Crippen LogP contribution in [0.2, 0.25) is 0 Å². The first-order valence-electron chi connectivity index (χ1n) is 8.42. The second-order valence-electron chi connectivity index (χ2n) is 6.88. The highest BCUT2D eigenvalue weighted by Gasteiger charge is 2.40. The maximum atomic E-state index is 12.3. The predicted octanol–water partition coefficient (Wildman–Crippen LogP) is 3.29. The van der Waals surface area contributed by atoms with Crippen molar-refractivity contribution in [2.24, 2.45) is 5.41 Å². The molecule has 5 nitrogen and oxygen atoms in total. The summed E-state index contributed by atoms with van der Waals surface area (Å²) < 4.78 is 0. The van der Waals surface area contributed by atoms with Crippen LogP contribution < -0.4 is 10.5 Å². The Bertz CT molecular complexity index is 884. The SMILES string of the molecule is CSc1ccc2[nH]c(=O)c(C#N)c(N3CCC4(CCC4)CC3)c2n1. The van der Waals surface area contributed by atoms with Gasteiger partial charge in [0, 0.05) is 13.1 Å². The number of pyridine rings is 2. The maximum Gasteiger partial charge on any atom is 0.268 e. The summed E-state index contributed by atoms with van der Waals surface area (Å²) in [6.45, 7) is 1.80. The lowest BCUT2D eigenvalue weighted by atomic mass is 9.63. The molecule has 0 aromatic carbocycles. The number of H-pyrrole nitrogens is 1. The van der Waals surface area contributed by atoms with Crippen LogP contribution in [0, 0.1) is 16.7 Å². The number of rotatable bonds is 2. The van der Waals surface area contributed by atoms with Gasteiger partial charge < -0.3 is 9.88 Å². The van der Waals surface area contributed by atoms with Crippen molar-refractivity contribution >= 4 is 28.5 Å². The van der Waals surface area contributed by atoms with Gasteiger partial charge in [-0.1, -0.05) is 6.42 Å². The van der Waals surface area contributed by atoms with Gasteiger partial charge in [-0.2, -0.15) is 5.26 Å². The van der Waals surface area contributed by atoms with E-state index in [0.717, 1.165) is 42.2 Å². The molecule has 24 heavy (non-hydrogen) atoms. The van der Waals surface area contributed by atoms with Crippen LogP contribution in [0.3, 0.4) is 0 Å². The Morgan fingerprint density at radius 1 is 1.29 bits per heavy atom. The van der Waals surface area contributed by atoms with Gasteiger partial charge in [0.2, 0.25) is 0 Å². The molecule has 0 amide bonds. The van der Waals surface area contributed by atoms with Crippen LogP contribution in [0.5, 0.6) is 0 Å². The number of nitrogens with zero attached hydrogens (tertiary/aromatic N) is 3. The number of aromatic amines is 1. The van der Waals surface area contributed by atoms with Crippen LogP contribution in [0.25, 0.3) is 11.0 Å². The molecule has 124 valence electrons. The number of anilines is 1. The predicted molar refractivity (Wildman–Crippen MR) is 96.6 cm³/mol. The Labute approximate surface area is 145 Å². The number of nitrogens with one attached hydrogen (secondary N) is 1. The van der Waals surface area contributed by atoms with Crippen molar-refractivity contribution in [2.45, 2.75) is 37.1 Å². The van der Waals surface area contributed by atoms with E-state index >= 15 is 0 Å². The first-order valence-corrected chi connectivity index (χ1v) is 9.64. The zero-order valence-corrected chi connectivity index (χ0v) is 14.6. The monoisotopic (exact) mass is 340 g/mol. The molecule has 1 N–H and O–H groups in total. The largest absolute Gasteiger partial charge is 0.368 e. The van der Waals surface area contributed by atoms with Gasteiger partial charge in [-0.05, 0) is 49.5 Å². The van der Waals surface area contributed by atoms with E-state index in [-0.39, 0.29) is 11.1 Å². The van der Waals surface area contributed by atoms with Gasteiger partial charge in [0.15, 0.2) is 0 Å². The Balaban J connectivity index is 1.83. The molecule has 1 aliphatic heterocycles. The zero-order valence-electron chi connectivity index (χ0n) is 13.8. The third-order valence-electron chi connectivity index (χ3n) is 5.68. The molecule has 0 bridgehead atoms. The molecule has 1 saturated carbocycles. The summed E-state index contributed by atoms with van der Waals surface area (Å²) in [6.07, 6.45) is 8.28. The van der Waals surface area contributed by atoms with Gasteiger partial charge in [-0.15, -0.1) is 11.8 Å². The minimum absolute atomic E-state index is 0.192. The van der Waals surface area contributed by atoms with Gasteiger partial charge in [-0.25, -0.2) is 4.98 Å².